The Bertz CT molecular complexity index is 792. The van der Waals surface area contributed by atoms with Gasteiger partial charge in [-0.15, -0.1) is 0 Å². The third-order valence-electron chi connectivity index (χ3n) is 4.54. The molecule has 0 saturated carbocycles. The van der Waals surface area contributed by atoms with Gasteiger partial charge in [0, 0.05) is 0 Å². The molecule has 1 heterocycles. The summed E-state index contributed by atoms with van der Waals surface area (Å²) in [6.07, 6.45) is 3.45. The minimum absolute atomic E-state index is 0.132. The minimum Gasteiger partial charge on any atom is -0.504 e. The van der Waals surface area contributed by atoms with Gasteiger partial charge >= 0.3 is 5.97 Å². The van der Waals surface area contributed by atoms with Crippen LogP contribution in [0.4, 0.5) is 0 Å². The minimum atomic E-state index is -0.807. The highest BCUT2D eigenvalue weighted by Crippen LogP contribution is 2.35. The number of allylic oxidation sites excluding steroid dienone is 1. The number of ketones is 1. The number of fused-ring (bicyclic) bond motifs is 1. The van der Waals surface area contributed by atoms with E-state index < -0.39 is 23.6 Å². The van der Waals surface area contributed by atoms with Gasteiger partial charge in [-0.3, -0.25) is 4.79 Å². The standard InChI is InChI=1S/C21H26O7/c1-13(15(11-25-4)20(24)26-5)16(22)8-6-14-7-9-17-18(10-14)28-21(2,3)19(23)12-27-17/h6-11,13,19,23H,12H2,1-5H3/t13?,19-/m1/s1. The fourth-order valence-electron chi connectivity index (χ4n) is 2.60. The number of ether oxygens (including phenoxy) is 4. The highest BCUT2D eigenvalue weighted by Gasteiger charge is 2.34. The van der Waals surface area contributed by atoms with Crippen LogP contribution in [0.3, 0.4) is 0 Å². The van der Waals surface area contributed by atoms with Gasteiger partial charge in [0.1, 0.15) is 18.3 Å². The molecule has 1 N–H and O–H groups in total. The van der Waals surface area contributed by atoms with Crippen LogP contribution < -0.4 is 9.47 Å². The Balaban J connectivity index is 2.20. The van der Waals surface area contributed by atoms with Crippen molar-refractivity contribution in [1.82, 2.24) is 0 Å². The van der Waals surface area contributed by atoms with Gasteiger partial charge in [0.05, 0.1) is 32.0 Å². The average Bonchev–Trinajstić information content (AvgIpc) is 2.78. The van der Waals surface area contributed by atoms with E-state index in [1.165, 1.54) is 26.6 Å². The van der Waals surface area contributed by atoms with E-state index >= 15 is 0 Å². The summed E-state index contributed by atoms with van der Waals surface area (Å²) in [5.74, 6) is -0.613. The van der Waals surface area contributed by atoms with Gasteiger partial charge in [-0.05, 0) is 37.6 Å². The lowest BCUT2D eigenvalue weighted by Crippen LogP contribution is -2.43. The van der Waals surface area contributed by atoms with E-state index in [2.05, 4.69) is 4.74 Å². The van der Waals surface area contributed by atoms with E-state index in [1.807, 2.05) is 0 Å². The second-order valence-electron chi connectivity index (χ2n) is 7.00. The highest BCUT2D eigenvalue weighted by atomic mass is 16.6. The van der Waals surface area contributed by atoms with Crippen LogP contribution in [-0.4, -0.2) is 49.4 Å². The summed E-state index contributed by atoms with van der Waals surface area (Å²) in [6.45, 7) is 5.29. The summed E-state index contributed by atoms with van der Waals surface area (Å²) in [6, 6.07) is 5.23. The smallest absolute Gasteiger partial charge is 0.337 e. The van der Waals surface area contributed by atoms with Gasteiger partial charge in [0.15, 0.2) is 17.3 Å². The Kier molecular flexibility index (Phi) is 6.85. The van der Waals surface area contributed by atoms with Crippen LogP contribution in [0.5, 0.6) is 11.5 Å². The Labute approximate surface area is 164 Å². The van der Waals surface area contributed by atoms with E-state index in [0.717, 1.165) is 0 Å². The number of rotatable bonds is 6. The quantitative estimate of drug-likeness (QED) is 0.453. The summed E-state index contributed by atoms with van der Waals surface area (Å²) in [4.78, 5) is 24.3. The predicted octanol–water partition coefficient (Wildman–Crippen LogP) is 2.52. The summed E-state index contributed by atoms with van der Waals surface area (Å²) in [7, 11) is 2.64. The number of methoxy groups -OCH3 is 2. The molecule has 0 bridgehead atoms. The van der Waals surface area contributed by atoms with Crippen molar-refractivity contribution in [2.75, 3.05) is 20.8 Å². The largest absolute Gasteiger partial charge is 0.504 e. The zero-order valence-corrected chi connectivity index (χ0v) is 16.7. The molecule has 2 rings (SSSR count). The second kappa shape index (κ2) is 8.93. The van der Waals surface area contributed by atoms with Crippen molar-refractivity contribution in [3.63, 3.8) is 0 Å². The molecule has 1 unspecified atom stereocenters. The monoisotopic (exact) mass is 390 g/mol. The first-order chi connectivity index (χ1) is 13.2. The first kappa shape index (κ1) is 21.5. The van der Waals surface area contributed by atoms with Crippen LogP contribution in [0.15, 0.2) is 36.1 Å². The number of hydrogen-bond acceptors (Lipinski definition) is 7. The molecule has 0 radical (unpaired) electrons. The molecule has 7 nitrogen and oxygen atoms in total. The Morgan fingerprint density at radius 1 is 1.29 bits per heavy atom. The number of carbonyl (C=O) groups is 2. The molecule has 1 aliphatic heterocycles. The third-order valence-corrected chi connectivity index (χ3v) is 4.54. The first-order valence-corrected chi connectivity index (χ1v) is 8.86. The van der Waals surface area contributed by atoms with Gasteiger partial charge in [0.2, 0.25) is 0 Å². The van der Waals surface area contributed by atoms with Crippen LogP contribution in [0.25, 0.3) is 6.08 Å². The molecule has 7 heteroatoms. The first-order valence-electron chi connectivity index (χ1n) is 8.86. The zero-order chi connectivity index (χ0) is 20.9. The van der Waals surface area contributed by atoms with Crippen molar-refractivity contribution >= 4 is 17.8 Å². The van der Waals surface area contributed by atoms with Crippen LogP contribution in [0.2, 0.25) is 0 Å². The van der Waals surface area contributed by atoms with E-state index in [-0.39, 0.29) is 18.0 Å². The molecular formula is C21H26O7. The lowest BCUT2D eigenvalue weighted by Gasteiger charge is -2.28. The summed E-state index contributed by atoms with van der Waals surface area (Å²) in [5, 5.41) is 10.1. The van der Waals surface area contributed by atoms with Crippen molar-refractivity contribution in [1.29, 1.82) is 0 Å². The van der Waals surface area contributed by atoms with Crippen LogP contribution in [-0.2, 0) is 19.1 Å². The number of aliphatic hydroxyl groups is 1. The van der Waals surface area contributed by atoms with Crippen molar-refractivity contribution in [2.45, 2.75) is 32.5 Å². The normalized spacial score (nSPS) is 19.6. The molecule has 2 atom stereocenters. The Morgan fingerprint density at radius 3 is 2.64 bits per heavy atom. The lowest BCUT2D eigenvalue weighted by molar-refractivity contribution is -0.137. The average molecular weight is 390 g/mol. The number of aliphatic hydroxyl groups excluding tert-OH is 1. The van der Waals surface area contributed by atoms with Crippen molar-refractivity contribution in [2.24, 2.45) is 5.92 Å². The van der Waals surface area contributed by atoms with Crippen LogP contribution in [0, 0.1) is 5.92 Å². The lowest BCUT2D eigenvalue weighted by atomic mass is 9.96. The van der Waals surface area contributed by atoms with E-state index in [1.54, 1.807) is 45.0 Å². The SMILES string of the molecule is COC=C(C(=O)OC)C(C)C(=O)C=Cc1ccc2c(c1)OC(C)(C)[C@H](O)CO2. The highest BCUT2D eigenvalue weighted by molar-refractivity contribution is 6.03. The third kappa shape index (κ3) is 4.92. The number of carbonyl (C=O) groups excluding carboxylic acids is 2. The van der Waals surface area contributed by atoms with Crippen molar-refractivity contribution < 1.29 is 33.6 Å². The van der Waals surface area contributed by atoms with Gasteiger partial charge in [-0.2, -0.15) is 0 Å². The van der Waals surface area contributed by atoms with E-state index in [0.29, 0.717) is 17.1 Å². The molecule has 0 amide bonds. The zero-order valence-electron chi connectivity index (χ0n) is 16.7. The predicted molar refractivity (Wildman–Crippen MR) is 103 cm³/mol. The molecule has 0 aromatic heterocycles. The Hall–Kier alpha value is -2.80. The van der Waals surface area contributed by atoms with Gasteiger partial charge < -0.3 is 24.1 Å². The Morgan fingerprint density at radius 2 is 2.00 bits per heavy atom. The number of hydrogen-bond donors (Lipinski definition) is 1. The number of benzene rings is 1. The summed E-state index contributed by atoms with van der Waals surface area (Å²) >= 11 is 0. The van der Waals surface area contributed by atoms with Gasteiger partial charge in [-0.25, -0.2) is 4.79 Å². The maximum absolute atomic E-state index is 12.5. The molecule has 1 aromatic rings. The number of esters is 1. The molecule has 0 saturated heterocycles. The molecule has 1 aliphatic rings. The molecule has 152 valence electrons. The van der Waals surface area contributed by atoms with Crippen molar-refractivity contribution in [3.8, 4) is 11.5 Å². The van der Waals surface area contributed by atoms with Gasteiger partial charge in [0.25, 0.3) is 0 Å². The maximum atomic E-state index is 12.5. The molecule has 28 heavy (non-hydrogen) atoms. The fraction of sp³-hybridized carbons (Fsp3) is 0.429. The van der Waals surface area contributed by atoms with Crippen LogP contribution in [0.1, 0.15) is 26.3 Å². The maximum Gasteiger partial charge on any atom is 0.337 e. The fourth-order valence-corrected chi connectivity index (χ4v) is 2.60. The molecule has 0 spiro atoms. The topological polar surface area (TPSA) is 91.3 Å². The summed E-state index contributed by atoms with van der Waals surface area (Å²) in [5.41, 5.74) is 0.0395. The molecule has 0 aliphatic carbocycles. The van der Waals surface area contributed by atoms with E-state index in [4.69, 9.17) is 14.2 Å². The summed E-state index contributed by atoms with van der Waals surface area (Å²) < 4.78 is 21.0. The molecule has 0 fully saturated rings. The second-order valence-corrected chi connectivity index (χ2v) is 7.00. The van der Waals surface area contributed by atoms with Crippen LogP contribution >= 0.6 is 0 Å². The molecule has 1 aromatic carbocycles. The molecular weight excluding hydrogens is 364 g/mol. The van der Waals surface area contributed by atoms with Crippen molar-refractivity contribution in [3.05, 3.63) is 41.7 Å². The van der Waals surface area contributed by atoms with E-state index in [9.17, 15) is 14.7 Å². The van der Waals surface area contributed by atoms with Gasteiger partial charge in [-0.1, -0.05) is 19.1 Å².